The largest absolute Gasteiger partial charge is 0.366 e. The molecule has 0 aliphatic rings. The number of anilines is 1. The van der Waals surface area contributed by atoms with Gasteiger partial charge in [0, 0.05) is 24.9 Å². The third-order valence-electron chi connectivity index (χ3n) is 2.29. The van der Waals surface area contributed by atoms with E-state index in [9.17, 15) is 10.1 Å². The molecule has 0 saturated carbocycles. The number of nitrogens with one attached hydrogen (secondary N) is 1. The van der Waals surface area contributed by atoms with E-state index in [2.05, 4.69) is 10.3 Å². The van der Waals surface area contributed by atoms with Gasteiger partial charge in [-0.05, 0) is 17.7 Å². The predicted molar refractivity (Wildman–Crippen MR) is 64.7 cm³/mol. The van der Waals surface area contributed by atoms with Gasteiger partial charge in [0.05, 0.1) is 4.92 Å². The minimum atomic E-state index is -0.407. The molecule has 17 heavy (non-hydrogen) atoms. The van der Waals surface area contributed by atoms with Crippen LogP contribution < -0.4 is 5.32 Å². The molecule has 5 nitrogen and oxygen atoms in total. The quantitative estimate of drug-likeness (QED) is 0.646. The van der Waals surface area contributed by atoms with Gasteiger partial charge < -0.3 is 5.32 Å². The van der Waals surface area contributed by atoms with E-state index in [0.717, 1.165) is 11.4 Å². The summed E-state index contributed by atoms with van der Waals surface area (Å²) in [6.07, 6.45) is 1.71. The lowest BCUT2D eigenvalue weighted by atomic mass is 10.2. The fraction of sp³-hybridized carbons (Fsp3) is 0.0833. The number of nitro benzene ring substituents is 1. The number of nitro groups is 1. The van der Waals surface area contributed by atoms with E-state index in [-0.39, 0.29) is 5.69 Å². The maximum Gasteiger partial charge on any atom is 0.269 e. The van der Waals surface area contributed by atoms with Gasteiger partial charge in [-0.15, -0.1) is 0 Å². The van der Waals surface area contributed by atoms with Crippen molar-refractivity contribution < 1.29 is 4.92 Å². The summed E-state index contributed by atoms with van der Waals surface area (Å²) in [5.41, 5.74) is 1.08. The van der Waals surface area contributed by atoms with Gasteiger partial charge in [0.15, 0.2) is 0 Å². The van der Waals surface area contributed by atoms with Crippen LogP contribution in [-0.2, 0) is 6.54 Å². The normalized spacial score (nSPS) is 9.88. The minimum Gasteiger partial charge on any atom is -0.366 e. The van der Waals surface area contributed by atoms with Crippen molar-refractivity contribution in [1.29, 1.82) is 0 Å². The Hall–Kier alpha value is -2.43. The number of hydrogen-bond donors (Lipinski definition) is 1. The number of rotatable bonds is 4. The summed E-state index contributed by atoms with van der Waals surface area (Å²) >= 11 is 0. The second-order valence-electron chi connectivity index (χ2n) is 3.49. The van der Waals surface area contributed by atoms with E-state index in [1.54, 1.807) is 18.3 Å². The molecule has 86 valence electrons. The van der Waals surface area contributed by atoms with Gasteiger partial charge in [-0.3, -0.25) is 10.1 Å². The number of hydrogen-bond acceptors (Lipinski definition) is 4. The van der Waals surface area contributed by atoms with Gasteiger partial charge in [0.1, 0.15) is 5.82 Å². The summed E-state index contributed by atoms with van der Waals surface area (Å²) in [7, 11) is 0. The topological polar surface area (TPSA) is 68.1 Å². The van der Waals surface area contributed by atoms with E-state index in [0.29, 0.717) is 6.54 Å². The Morgan fingerprint density at radius 3 is 2.53 bits per heavy atom. The van der Waals surface area contributed by atoms with Crippen LogP contribution in [0.5, 0.6) is 0 Å². The van der Waals surface area contributed by atoms with Gasteiger partial charge in [0.2, 0.25) is 0 Å². The van der Waals surface area contributed by atoms with Crippen molar-refractivity contribution in [1.82, 2.24) is 4.98 Å². The smallest absolute Gasteiger partial charge is 0.269 e. The summed E-state index contributed by atoms with van der Waals surface area (Å²) in [6.45, 7) is 0.592. The predicted octanol–water partition coefficient (Wildman–Crippen LogP) is 2.60. The summed E-state index contributed by atoms with van der Waals surface area (Å²) in [5, 5.41) is 13.6. The molecule has 0 atom stereocenters. The van der Waals surface area contributed by atoms with Crippen LogP contribution in [0.3, 0.4) is 0 Å². The van der Waals surface area contributed by atoms with E-state index < -0.39 is 4.92 Å². The highest BCUT2D eigenvalue weighted by molar-refractivity contribution is 5.37. The van der Waals surface area contributed by atoms with Gasteiger partial charge in [-0.1, -0.05) is 18.2 Å². The molecule has 5 heteroatoms. The molecule has 0 spiro atoms. The first-order valence-corrected chi connectivity index (χ1v) is 5.14. The molecule has 2 aromatic rings. The van der Waals surface area contributed by atoms with Crippen molar-refractivity contribution in [2.45, 2.75) is 6.54 Å². The molecule has 0 unspecified atom stereocenters. The van der Waals surface area contributed by atoms with Crippen LogP contribution in [0, 0.1) is 10.1 Å². The van der Waals surface area contributed by atoms with Crippen LogP contribution in [0.1, 0.15) is 5.56 Å². The van der Waals surface area contributed by atoms with Gasteiger partial charge in [-0.2, -0.15) is 0 Å². The highest BCUT2D eigenvalue weighted by Crippen LogP contribution is 2.12. The first-order valence-electron chi connectivity index (χ1n) is 5.14. The third kappa shape index (κ3) is 3.01. The number of nitrogens with zero attached hydrogens (tertiary/aromatic N) is 2. The van der Waals surface area contributed by atoms with Crippen molar-refractivity contribution in [3.05, 3.63) is 64.3 Å². The van der Waals surface area contributed by atoms with E-state index in [1.165, 1.54) is 12.1 Å². The molecule has 2 rings (SSSR count). The van der Waals surface area contributed by atoms with Crippen LogP contribution >= 0.6 is 0 Å². The second kappa shape index (κ2) is 5.07. The van der Waals surface area contributed by atoms with Crippen LogP contribution in [0.4, 0.5) is 11.5 Å². The van der Waals surface area contributed by atoms with Gasteiger partial charge in [0.25, 0.3) is 5.69 Å². The summed E-state index contributed by atoms with van der Waals surface area (Å²) in [5.74, 6) is 0.783. The molecule has 1 heterocycles. The van der Waals surface area contributed by atoms with Crippen LogP contribution in [-0.4, -0.2) is 9.91 Å². The zero-order valence-electron chi connectivity index (χ0n) is 9.04. The van der Waals surface area contributed by atoms with Crippen LogP contribution in [0.2, 0.25) is 0 Å². The molecule has 0 aliphatic heterocycles. The number of pyridine rings is 1. The van der Waals surface area contributed by atoms with Gasteiger partial charge >= 0.3 is 0 Å². The Balaban J connectivity index is 1.98. The molecule has 1 aromatic carbocycles. The van der Waals surface area contributed by atoms with E-state index in [4.69, 9.17) is 0 Å². The zero-order chi connectivity index (χ0) is 12.1. The summed E-state index contributed by atoms with van der Waals surface area (Å²) in [6, 6.07) is 12.1. The Labute approximate surface area is 98.3 Å². The van der Waals surface area contributed by atoms with Crippen molar-refractivity contribution in [3.8, 4) is 0 Å². The van der Waals surface area contributed by atoms with Crippen molar-refractivity contribution in [2.24, 2.45) is 0 Å². The number of aromatic nitrogens is 1. The van der Waals surface area contributed by atoms with Gasteiger partial charge in [-0.25, -0.2) is 4.98 Å². The summed E-state index contributed by atoms with van der Waals surface area (Å²) < 4.78 is 0. The first-order chi connectivity index (χ1) is 8.25. The molecule has 0 saturated heterocycles. The Morgan fingerprint density at radius 2 is 1.94 bits per heavy atom. The monoisotopic (exact) mass is 229 g/mol. The van der Waals surface area contributed by atoms with Crippen LogP contribution in [0.25, 0.3) is 0 Å². The molecule has 0 fully saturated rings. The maximum absolute atomic E-state index is 10.5. The SMILES string of the molecule is O=[N+]([O-])c1ccc(CNc2ccccn2)cc1. The zero-order valence-corrected chi connectivity index (χ0v) is 9.04. The lowest BCUT2D eigenvalue weighted by molar-refractivity contribution is -0.384. The molecule has 1 N–H and O–H groups in total. The average Bonchev–Trinajstić information content (AvgIpc) is 2.38. The molecule has 0 radical (unpaired) electrons. The number of non-ortho nitro benzene ring substituents is 1. The van der Waals surface area contributed by atoms with E-state index >= 15 is 0 Å². The van der Waals surface area contributed by atoms with Crippen LogP contribution in [0.15, 0.2) is 48.7 Å². The van der Waals surface area contributed by atoms with Crippen molar-refractivity contribution >= 4 is 11.5 Å². The highest BCUT2D eigenvalue weighted by atomic mass is 16.6. The lowest BCUT2D eigenvalue weighted by Crippen LogP contribution is -2.00. The molecular formula is C12H11N3O2. The maximum atomic E-state index is 10.5. The lowest BCUT2D eigenvalue weighted by Gasteiger charge is -2.04. The molecule has 0 amide bonds. The molecule has 0 aliphatic carbocycles. The minimum absolute atomic E-state index is 0.103. The average molecular weight is 229 g/mol. The standard InChI is InChI=1S/C12H11N3O2/c16-15(17)11-6-4-10(5-7-11)9-14-12-3-1-2-8-13-12/h1-8H,9H2,(H,13,14). The fourth-order valence-electron chi connectivity index (χ4n) is 1.40. The fourth-order valence-corrected chi connectivity index (χ4v) is 1.40. The Bertz CT molecular complexity index is 497. The third-order valence-corrected chi connectivity index (χ3v) is 2.29. The second-order valence-corrected chi connectivity index (χ2v) is 3.49. The molecule has 1 aromatic heterocycles. The number of benzene rings is 1. The first kappa shape index (κ1) is 11.1. The highest BCUT2D eigenvalue weighted by Gasteiger charge is 2.03. The van der Waals surface area contributed by atoms with Crippen molar-refractivity contribution in [2.75, 3.05) is 5.32 Å². The van der Waals surface area contributed by atoms with E-state index in [1.807, 2.05) is 18.2 Å². The van der Waals surface area contributed by atoms with Crippen molar-refractivity contribution in [3.63, 3.8) is 0 Å². The Morgan fingerprint density at radius 1 is 1.18 bits per heavy atom. The summed E-state index contributed by atoms with van der Waals surface area (Å²) in [4.78, 5) is 14.2. The molecular weight excluding hydrogens is 218 g/mol. The Kier molecular flexibility index (Phi) is 3.30. The molecule has 0 bridgehead atoms.